The minimum Gasteiger partial charge on any atom is -0.444 e. The maximum Gasteiger partial charge on any atom is 0.408 e. The van der Waals surface area contributed by atoms with Crippen LogP contribution in [0.4, 0.5) is 4.79 Å². The first kappa shape index (κ1) is 30.3. The Morgan fingerprint density at radius 3 is 2.29 bits per heavy atom. The molecule has 2 aliphatic rings. The minimum absolute atomic E-state index is 0.0393. The predicted octanol–water partition coefficient (Wildman–Crippen LogP) is 5.82. The van der Waals surface area contributed by atoms with E-state index >= 15 is 0 Å². The van der Waals surface area contributed by atoms with Gasteiger partial charge in [-0.05, 0) is 96.3 Å². The second-order valence-corrected chi connectivity index (χ2v) is 12.9. The fraction of sp³-hybridized carbons (Fsp3) is 0.700. The number of aryl methyl sites for hydroxylation is 2. The van der Waals surface area contributed by atoms with Crippen LogP contribution in [0, 0.1) is 13.8 Å². The van der Waals surface area contributed by atoms with E-state index in [0.717, 1.165) is 61.6 Å². The van der Waals surface area contributed by atoms with E-state index in [4.69, 9.17) is 4.74 Å². The summed E-state index contributed by atoms with van der Waals surface area (Å²) >= 11 is 1.62. The number of hydrogen-bond donors (Lipinski definition) is 2. The summed E-state index contributed by atoms with van der Waals surface area (Å²) in [6.45, 7) is 9.45. The Labute approximate surface area is 233 Å². The van der Waals surface area contributed by atoms with Gasteiger partial charge in [0.15, 0.2) is 0 Å². The van der Waals surface area contributed by atoms with Crippen molar-refractivity contribution in [2.45, 2.75) is 122 Å². The second kappa shape index (κ2) is 13.7. The maximum absolute atomic E-state index is 14.3. The van der Waals surface area contributed by atoms with Gasteiger partial charge >= 0.3 is 6.09 Å². The van der Waals surface area contributed by atoms with Gasteiger partial charge in [0.05, 0.1) is 0 Å². The number of carbonyl (C=O) groups is 3. The topological polar surface area (TPSA) is 87.7 Å². The van der Waals surface area contributed by atoms with Gasteiger partial charge in [-0.2, -0.15) is 11.8 Å². The van der Waals surface area contributed by atoms with Gasteiger partial charge < -0.3 is 20.3 Å². The third kappa shape index (κ3) is 8.39. The Hall–Kier alpha value is -2.22. The number of carbonyl (C=O) groups excluding carboxylic acids is 3. The summed E-state index contributed by atoms with van der Waals surface area (Å²) in [7, 11) is 0. The molecule has 8 heteroatoms. The molecule has 0 heterocycles. The highest BCUT2D eigenvalue weighted by atomic mass is 32.2. The largest absolute Gasteiger partial charge is 0.444 e. The van der Waals surface area contributed by atoms with Gasteiger partial charge in [0.2, 0.25) is 11.8 Å². The summed E-state index contributed by atoms with van der Waals surface area (Å²) in [5.74, 6) is 0.371. The lowest BCUT2D eigenvalue weighted by atomic mass is 9.86. The molecular formula is C30H47N3O4S. The van der Waals surface area contributed by atoms with Crippen LogP contribution >= 0.6 is 11.8 Å². The Bertz CT molecular complexity index is 967. The van der Waals surface area contributed by atoms with Crippen molar-refractivity contribution in [3.05, 3.63) is 34.9 Å². The number of rotatable bonds is 10. The van der Waals surface area contributed by atoms with Crippen molar-refractivity contribution in [1.29, 1.82) is 0 Å². The second-order valence-electron chi connectivity index (χ2n) is 11.9. The third-order valence-electron chi connectivity index (χ3n) is 7.52. The van der Waals surface area contributed by atoms with Crippen LogP contribution in [0.15, 0.2) is 18.2 Å². The molecule has 0 bridgehead atoms. The number of hydrogen-bond acceptors (Lipinski definition) is 5. The summed E-state index contributed by atoms with van der Waals surface area (Å²) in [5.41, 5.74) is 2.28. The lowest BCUT2D eigenvalue weighted by molar-refractivity contribution is -0.147. The monoisotopic (exact) mass is 545 g/mol. The summed E-state index contributed by atoms with van der Waals surface area (Å²) in [6.07, 6.45) is 9.93. The van der Waals surface area contributed by atoms with Gasteiger partial charge in [0.25, 0.3) is 0 Å². The standard InChI is InChI=1S/C30H47N3O4S/c1-20-15-16-24(21(2)19-20)26(27(34)31-22-11-8-7-9-12-22)33(23-13-10-14-23)28(35)25(17-18-38-6)32-29(36)37-30(3,4)5/h15-16,19,22-23,25-26H,7-14,17-18H2,1-6H3,(H,31,34)(H,32,36). The summed E-state index contributed by atoms with van der Waals surface area (Å²) < 4.78 is 5.50. The zero-order valence-electron chi connectivity index (χ0n) is 24.1. The molecule has 0 saturated heterocycles. The molecule has 2 fully saturated rings. The molecule has 2 unspecified atom stereocenters. The normalized spacial score (nSPS) is 18.2. The fourth-order valence-electron chi connectivity index (χ4n) is 5.38. The van der Waals surface area contributed by atoms with Crippen molar-refractivity contribution in [3.63, 3.8) is 0 Å². The Morgan fingerprint density at radius 1 is 1.05 bits per heavy atom. The maximum atomic E-state index is 14.3. The summed E-state index contributed by atoms with van der Waals surface area (Å²) in [5, 5.41) is 6.15. The van der Waals surface area contributed by atoms with E-state index in [2.05, 4.69) is 16.7 Å². The van der Waals surface area contributed by atoms with Crippen molar-refractivity contribution < 1.29 is 19.1 Å². The molecule has 0 spiro atoms. The molecular weight excluding hydrogens is 498 g/mol. The molecule has 0 aliphatic heterocycles. The van der Waals surface area contributed by atoms with E-state index < -0.39 is 23.8 Å². The number of amides is 3. The fourth-order valence-corrected chi connectivity index (χ4v) is 5.85. The predicted molar refractivity (Wildman–Crippen MR) is 154 cm³/mol. The minimum atomic E-state index is -0.770. The zero-order valence-corrected chi connectivity index (χ0v) is 24.9. The zero-order chi connectivity index (χ0) is 27.9. The van der Waals surface area contributed by atoms with Crippen LogP contribution in [0.1, 0.15) is 101 Å². The smallest absolute Gasteiger partial charge is 0.408 e. The van der Waals surface area contributed by atoms with Crippen LogP contribution in [-0.4, -0.2) is 58.5 Å². The van der Waals surface area contributed by atoms with Gasteiger partial charge in [0.1, 0.15) is 17.7 Å². The lowest BCUT2D eigenvalue weighted by Gasteiger charge is -2.44. The SMILES string of the molecule is CSCCC(NC(=O)OC(C)(C)C)C(=O)N(C1CCC1)C(C(=O)NC1CCCCC1)c1ccc(C)cc1C. The van der Waals surface area contributed by atoms with E-state index in [-0.39, 0.29) is 23.9 Å². The molecule has 2 saturated carbocycles. The van der Waals surface area contributed by atoms with E-state index in [1.807, 2.05) is 32.2 Å². The van der Waals surface area contributed by atoms with Crippen LogP contribution in [0.25, 0.3) is 0 Å². The average Bonchev–Trinajstić information content (AvgIpc) is 2.80. The lowest BCUT2D eigenvalue weighted by Crippen LogP contribution is -2.58. The number of alkyl carbamates (subject to hydrolysis) is 1. The van der Waals surface area contributed by atoms with Crippen LogP contribution in [0.3, 0.4) is 0 Å². The summed E-state index contributed by atoms with van der Waals surface area (Å²) in [6, 6.07) is 4.66. The molecule has 3 amide bonds. The van der Waals surface area contributed by atoms with Crippen molar-refractivity contribution in [2.24, 2.45) is 0 Å². The van der Waals surface area contributed by atoms with Gasteiger partial charge in [-0.3, -0.25) is 9.59 Å². The van der Waals surface area contributed by atoms with Crippen molar-refractivity contribution >= 4 is 29.7 Å². The molecule has 212 valence electrons. The molecule has 38 heavy (non-hydrogen) atoms. The molecule has 1 aromatic carbocycles. The van der Waals surface area contributed by atoms with Crippen LogP contribution in [0.5, 0.6) is 0 Å². The third-order valence-corrected chi connectivity index (χ3v) is 8.16. The van der Waals surface area contributed by atoms with Gasteiger partial charge in [0, 0.05) is 12.1 Å². The Morgan fingerprint density at radius 2 is 1.74 bits per heavy atom. The van der Waals surface area contributed by atoms with E-state index in [1.54, 1.807) is 37.4 Å². The average molecular weight is 546 g/mol. The molecule has 3 rings (SSSR count). The number of benzene rings is 1. The molecule has 2 atom stereocenters. The molecule has 0 radical (unpaired) electrons. The van der Waals surface area contributed by atoms with Gasteiger partial charge in [-0.1, -0.05) is 43.0 Å². The van der Waals surface area contributed by atoms with Crippen molar-refractivity contribution in [1.82, 2.24) is 15.5 Å². The van der Waals surface area contributed by atoms with Crippen LogP contribution < -0.4 is 10.6 Å². The summed E-state index contributed by atoms with van der Waals surface area (Å²) in [4.78, 5) is 42.9. The molecule has 2 aliphatic carbocycles. The van der Waals surface area contributed by atoms with Gasteiger partial charge in [-0.25, -0.2) is 4.79 Å². The molecule has 7 nitrogen and oxygen atoms in total. The highest BCUT2D eigenvalue weighted by Crippen LogP contribution is 2.36. The highest BCUT2D eigenvalue weighted by Gasteiger charge is 2.42. The number of nitrogens with one attached hydrogen (secondary N) is 2. The van der Waals surface area contributed by atoms with Crippen molar-refractivity contribution in [2.75, 3.05) is 12.0 Å². The molecule has 0 aromatic heterocycles. The first-order valence-corrected chi connectivity index (χ1v) is 15.6. The molecule has 1 aromatic rings. The highest BCUT2D eigenvalue weighted by molar-refractivity contribution is 7.98. The number of ether oxygens (including phenoxy) is 1. The van der Waals surface area contributed by atoms with Crippen LogP contribution in [0.2, 0.25) is 0 Å². The van der Waals surface area contributed by atoms with E-state index in [1.165, 1.54) is 6.42 Å². The Balaban J connectivity index is 1.98. The first-order valence-electron chi connectivity index (χ1n) is 14.2. The number of nitrogens with zero attached hydrogens (tertiary/aromatic N) is 1. The first-order chi connectivity index (χ1) is 18.0. The van der Waals surface area contributed by atoms with E-state index in [0.29, 0.717) is 12.2 Å². The van der Waals surface area contributed by atoms with E-state index in [9.17, 15) is 14.4 Å². The van der Waals surface area contributed by atoms with Crippen molar-refractivity contribution in [3.8, 4) is 0 Å². The quantitative estimate of drug-likeness (QED) is 0.387. The van der Waals surface area contributed by atoms with Gasteiger partial charge in [-0.15, -0.1) is 0 Å². The van der Waals surface area contributed by atoms with Crippen LogP contribution in [-0.2, 0) is 14.3 Å². The number of thioether (sulfide) groups is 1. The molecule has 2 N–H and O–H groups in total. The Kier molecular flexibility index (Phi) is 10.9.